The van der Waals surface area contributed by atoms with Crippen molar-refractivity contribution >= 4 is 74.8 Å². The Balaban J connectivity index is 0.000000295. The molecule has 0 amide bonds. The van der Waals surface area contributed by atoms with Gasteiger partial charge in [-0.25, -0.2) is 0 Å². The monoisotopic (exact) mass is 758 g/mol. The van der Waals surface area contributed by atoms with Gasteiger partial charge >= 0.3 is 30.2 Å². The molecule has 8 aromatic carbocycles. The molecular weight excluding hydrogens is 719 g/mol. The van der Waals surface area contributed by atoms with Crippen LogP contribution in [-0.2, 0) is 23.3 Å². The third-order valence-electron chi connectivity index (χ3n) is 8.63. The van der Waals surface area contributed by atoms with Crippen LogP contribution >= 0.6 is 24.8 Å². The van der Waals surface area contributed by atoms with E-state index in [1.807, 2.05) is 0 Å². The van der Waals surface area contributed by atoms with Crippen LogP contribution in [0.25, 0.3) is 65.3 Å². The number of benzene rings is 6. The topological polar surface area (TPSA) is 0 Å². The summed E-state index contributed by atoms with van der Waals surface area (Å²) < 4.78 is 0. The summed E-state index contributed by atoms with van der Waals surface area (Å²) in [6, 6.07) is 52.7. The summed E-state index contributed by atoms with van der Waals surface area (Å²) in [7, 11) is 0. The fraction of sp³-hybridized carbons (Fsp3) is 0.0909. The fourth-order valence-electron chi connectivity index (χ4n) is 6.37. The molecular formula is C44H42Cl2SiZr-4. The van der Waals surface area contributed by atoms with Crippen LogP contribution in [0, 0.1) is 21.8 Å². The van der Waals surface area contributed by atoms with Gasteiger partial charge in [0.15, 0.2) is 0 Å². The van der Waals surface area contributed by atoms with E-state index in [0.29, 0.717) is 5.92 Å². The van der Waals surface area contributed by atoms with Crippen molar-refractivity contribution in [3.63, 3.8) is 0 Å². The van der Waals surface area contributed by atoms with Gasteiger partial charge in [-0.2, -0.15) is 18.2 Å². The van der Waals surface area contributed by atoms with Gasteiger partial charge in [0.05, 0.1) is 0 Å². The van der Waals surface area contributed by atoms with Gasteiger partial charge < -0.3 is 14.9 Å². The zero-order valence-electron chi connectivity index (χ0n) is 28.3. The number of halogens is 2. The molecule has 0 spiro atoms. The van der Waals surface area contributed by atoms with Gasteiger partial charge in [-0.1, -0.05) is 129 Å². The molecule has 8 aromatic rings. The van der Waals surface area contributed by atoms with Crippen LogP contribution < -0.4 is 0 Å². The molecule has 0 aliphatic carbocycles. The Morgan fingerprint density at radius 3 is 1.58 bits per heavy atom. The Morgan fingerprint density at radius 1 is 0.542 bits per heavy atom. The molecule has 0 saturated heterocycles. The van der Waals surface area contributed by atoms with Crippen molar-refractivity contribution in [2.45, 2.75) is 26.7 Å². The summed E-state index contributed by atoms with van der Waals surface area (Å²) in [4.78, 5) is 0. The van der Waals surface area contributed by atoms with Gasteiger partial charge in [0, 0.05) is 0 Å². The van der Waals surface area contributed by atoms with Crippen LogP contribution in [0.5, 0.6) is 0 Å². The molecule has 0 N–H and O–H groups in total. The summed E-state index contributed by atoms with van der Waals surface area (Å²) >= 11 is 1.36. The van der Waals surface area contributed by atoms with Crippen molar-refractivity contribution in [3.8, 4) is 22.3 Å². The van der Waals surface area contributed by atoms with Gasteiger partial charge in [-0.15, -0.1) is 87.8 Å². The number of aryl methyl sites for hydroxylation is 1. The molecule has 2 radical (unpaired) electrons. The van der Waals surface area contributed by atoms with Gasteiger partial charge in [0.1, 0.15) is 0 Å². The quantitative estimate of drug-likeness (QED) is 0.124. The number of rotatable bonds is 3. The Hall–Kier alpha value is -3.26. The van der Waals surface area contributed by atoms with E-state index in [4.69, 9.17) is 0 Å². The second-order valence-electron chi connectivity index (χ2n) is 11.6. The first-order valence-corrected chi connectivity index (χ1v) is 19.3. The molecule has 0 heterocycles. The number of hydrogen-bond acceptors (Lipinski definition) is 0. The third kappa shape index (κ3) is 8.12. The molecule has 244 valence electrons. The Labute approximate surface area is 316 Å². The molecule has 8 rings (SSSR count). The molecule has 48 heavy (non-hydrogen) atoms. The van der Waals surface area contributed by atoms with Crippen molar-refractivity contribution in [1.82, 2.24) is 0 Å². The predicted molar refractivity (Wildman–Crippen MR) is 217 cm³/mol. The van der Waals surface area contributed by atoms with E-state index < -0.39 is 0 Å². The van der Waals surface area contributed by atoms with E-state index in [9.17, 15) is 0 Å². The van der Waals surface area contributed by atoms with Crippen LogP contribution in [0.3, 0.4) is 0 Å². The fourth-order valence-corrected chi connectivity index (χ4v) is 6.37. The number of hydrogen-bond donors (Lipinski definition) is 0. The summed E-state index contributed by atoms with van der Waals surface area (Å²) in [5, 5.41) is 10.7. The van der Waals surface area contributed by atoms with E-state index in [1.165, 1.54) is 99.8 Å². The molecule has 4 heteroatoms. The van der Waals surface area contributed by atoms with E-state index in [-0.39, 0.29) is 39.7 Å². The van der Waals surface area contributed by atoms with Crippen molar-refractivity contribution in [1.29, 1.82) is 0 Å². The van der Waals surface area contributed by atoms with E-state index in [1.54, 1.807) is 0 Å². The minimum atomic E-state index is 0. The average Bonchev–Trinajstić information content (AvgIpc) is 3.75. The molecule has 0 saturated carbocycles. The molecule has 0 unspecified atom stereocenters. The van der Waals surface area contributed by atoms with Crippen LogP contribution in [0.2, 0.25) is 0 Å². The Kier molecular flexibility index (Phi) is 15.8. The first-order valence-electron chi connectivity index (χ1n) is 15.1. The predicted octanol–water partition coefficient (Wildman–Crippen LogP) is 13.6. The third-order valence-corrected chi connectivity index (χ3v) is 8.63. The summed E-state index contributed by atoms with van der Waals surface area (Å²) in [6.45, 7) is 9.75. The van der Waals surface area contributed by atoms with Crippen molar-refractivity contribution < 1.29 is 23.3 Å². The first kappa shape index (κ1) is 40.9. The molecule has 0 aliphatic rings. The normalized spacial score (nSPS) is 10.1. The van der Waals surface area contributed by atoms with Crippen LogP contribution in [0.15, 0.2) is 146 Å². The van der Waals surface area contributed by atoms with Crippen LogP contribution in [-0.4, -0.2) is 6.88 Å². The Morgan fingerprint density at radius 2 is 1.02 bits per heavy atom. The second kappa shape index (κ2) is 18.5. The average molecular weight is 761 g/mol. The van der Waals surface area contributed by atoms with Gasteiger partial charge in [-0.05, 0) is 38.6 Å². The standard InChI is InChI=1S/C22H19.C20H15.2CH3.2ClH.Si.Zr/c1-15(2)18-13-17-9-6-12-21(22(17)14-18)20-11-5-8-16-7-3-4-10-19(16)20;1-14-12-13-20(18-11-5-9-16(14)18)19-10-4-7-15-6-2-3-8-17(15)19;;;;;;/h3-15H,1-2H3;2-13H,1H3;2*1H3;2*1H;;/q4*-1;;;;. The zero-order valence-corrected chi connectivity index (χ0v) is 33.3. The van der Waals surface area contributed by atoms with Gasteiger partial charge in [0.2, 0.25) is 0 Å². The van der Waals surface area contributed by atoms with Gasteiger partial charge in [0.25, 0.3) is 0 Å². The maximum atomic E-state index is 3.06. The molecule has 0 nitrogen and oxygen atoms in total. The van der Waals surface area contributed by atoms with Crippen molar-refractivity contribution in [3.05, 3.63) is 172 Å². The zero-order chi connectivity index (χ0) is 30.6. The van der Waals surface area contributed by atoms with Crippen LogP contribution in [0.1, 0.15) is 30.9 Å². The summed E-state index contributed by atoms with van der Waals surface area (Å²) in [5.41, 5.74) is 8.06. The molecule has 0 fully saturated rings. The van der Waals surface area contributed by atoms with Crippen molar-refractivity contribution in [2.24, 2.45) is 0 Å². The van der Waals surface area contributed by atoms with Crippen molar-refractivity contribution in [2.75, 3.05) is 0 Å². The second-order valence-corrected chi connectivity index (χ2v) is 11.6. The molecule has 0 aromatic heterocycles. The maximum absolute atomic E-state index is 3.06. The first-order chi connectivity index (χ1) is 21.6. The Bertz CT molecular complexity index is 2210. The minimum absolute atomic E-state index is 0. The van der Waals surface area contributed by atoms with E-state index in [0.717, 1.165) is 0 Å². The summed E-state index contributed by atoms with van der Waals surface area (Å²) in [5.74, 6) is 0.563. The molecule has 0 aliphatic heterocycles. The molecule has 0 atom stereocenters. The van der Waals surface area contributed by atoms with E-state index >= 15 is 0 Å². The van der Waals surface area contributed by atoms with E-state index in [2.05, 4.69) is 173 Å². The summed E-state index contributed by atoms with van der Waals surface area (Å²) in [6.07, 6.45) is 0. The molecule has 0 bridgehead atoms. The van der Waals surface area contributed by atoms with Crippen LogP contribution in [0.4, 0.5) is 0 Å². The van der Waals surface area contributed by atoms with Gasteiger partial charge in [-0.3, -0.25) is 0 Å². The number of fused-ring (bicyclic) bond motifs is 4. The SMILES string of the molecule is CC(C)c1cc2c(-c3cccc4ccccc34)cccc2[cH-]1.Cc1ccc(-c2cccc3ccccc23)c2cc[cH-]c12.Cl.Cl.[CH3-].[CH3-].[Si]=[Zr].